The molecular weight excluding hydrogens is 132 g/mol. The van der Waals surface area contributed by atoms with Crippen molar-refractivity contribution in [1.29, 1.82) is 0 Å². The summed E-state index contributed by atoms with van der Waals surface area (Å²) < 4.78 is 0. The Labute approximate surface area is 70.7 Å². The molecule has 11 heavy (non-hydrogen) atoms. The molecule has 0 saturated heterocycles. The Bertz CT molecular complexity index is 147. The van der Waals surface area contributed by atoms with Crippen LogP contribution in [0.5, 0.6) is 0 Å². The monoisotopic (exact) mass is 152 g/mol. The van der Waals surface area contributed by atoms with Crippen LogP contribution in [0.15, 0.2) is 12.2 Å². The predicted molar refractivity (Wildman–Crippen MR) is 50.5 cm³/mol. The third-order valence-corrected chi connectivity index (χ3v) is 3.01. The minimum atomic E-state index is 0.517. The van der Waals surface area contributed by atoms with Crippen molar-refractivity contribution in [2.75, 3.05) is 0 Å². The van der Waals surface area contributed by atoms with E-state index in [1.54, 1.807) is 0 Å². The molecule has 0 saturated carbocycles. The van der Waals surface area contributed by atoms with Crippen LogP contribution < -0.4 is 0 Å². The van der Waals surface area contributed by atoms with Crippen molar-refractivity contribution in [1.82, 2.24) is 0 Å². The Morgan fingerprint density at radius 2 is 1.73 bits per heavy atom. The zero-order chi connectivity index (χ0) is 8.48. The molecule has 0 heteroatoms. The SMILES string of the molecule is CC(C)C(C)CCC1(C)C=C1. The van der Waals surface area contributed by atoms with E-state index >= 15 is 0 Å². The summed E-state index contributed by atoms with van der Waals surface area (Å²) in [7, 11) is 0. The molecule has 0 amide bonds. The van der Waals surface area contributed by atoms with Crippen LogP contribution in [0.4, 0.5) is 0 Å². The minimum absolute atomic E-state index is 0.517. The summed E-state index contributed by atoms with van der Waals surface area (Å²) in [6.07, 6.45) is 7.37. The summed E-state index contributed by atoms with van der Waals surface area (Å²) in [6.45, 7) is 9.30. The van der Waals surface area contributed by atoms with Gasteiger partial charge in [-0.15, -0.1) is 0 Å². The van der Waals surface area contributed by atoms with Crippen molar-refractivity contribution < 1.29 is 0 Å². The summed E-state index contributed by atoms with van der Waals surface area (Å²) in [5, 5.41) is 0. The summed E-state index contributed by atoms with van der Waals surface area (Å²) in [4.78, 5) is 0. The van der Waals surface area contributed by atoms with Crippen LogP contribution >= 0.6 is 0 Å². The van der Waals surface area contributed by atoms with Crippen molar-refractivity contribution in [2.24, 2.45) is 17.3 Å². The zero-order valence-electron chi connectivity index (χ0n) is 8.22. The van der Waals surface area contributed by atoms with Gasteiger partial charge in [0, 0.05) is 5.41 Å². The molecule has 0 spiro atoms. The van der Waals surface area contributed by atoms with E-state index in [9.17, 15) is 0 Å². The molecule has 0 heterocycles. The minimum Gasteiger partial charge on any atom is -0.0780 e. The van der Waals surface area contributed by atoms with Gasteiger partial charge in [-0.3, -0.25) is 0 Å². The maximum absolute atomic E-state index is 2.36. The van der Waals surface area contributed by atoms with Gasteiger partial charge in [0.1, 0.15) is 0 Å². The topological polar surface area (TPSA) is 0 Å². The second-order valence-corrected chi connectivity index (χ2v) is 4.60. The maximum Gasteiger partial charge on any atom is 0.00334 e. The van der Waals surface area contributed by atoms with Crippen molar-refractivity contribution in [3.8, 4) is 0 Å². The number of hydrogen-bond acceptors (Lipinski definition) is 0. The normalized spacial score (nSPS) is 22.3. The van der Waals surface area contributed by atoms with E-state index in [2.05, 4.69) is 39.8 Å². The summed E-state index contributed by atoms with van der Waals surface area (Å²) in [5.74, 6) is 1.73. The Morgan fingerprint density at radius 3 is 2.09 bits per heavy atom. The van der Waals surface area contributed by atoms with E-state index in [0.717, 1.165) is 11.8 Å². The molecule has 0 bridgehead atoms. The lowest BCUT2D eigenvalue weighted by molar-refractivity contribution is 0.354. The van der Waals surface area contributed by atoms with Crippen molar-refractivity contribution >= 4 is 0 Å². The van der Waals surface area contributed by atoms with E-state index in [-0.39, 0.29) is 0 Å². The largest absolute Gasteiger partial charge is 0.0780 e. The van der Waals surface area contributed by atoms with E-state index < -0.39 is 0 Å². The lowest BCUT2D eigenvalue weighted by Crippen LogP contribution is -2.06. The van der Waals surface area contributed by atoms with Gasteiger partial charge in [0.2, 0.25) is 0 Å². The van der Waals surface area contributed by atoms with Gasteiger partial charge in [0.25, 0.3) is 0 Å². The number of allylic oxidation sites excluding steroid dienone is 2. The van der Waals surface area contributed by atoms with Gasteiger partial charge in [0.05, 0.1) is 0 Å². The zero-order valence-corrected chi connectivity index (χ0v) is 8.22. The predicted octanol–water partition coefficient (Wildman–Crippen LogP) is 3.63. The van der Waals surface area contributed by atoms with E-state index in [4.69, 9.17) is 0 Å². The van der Waals surface area contributed by atoms with Crippen LogP contribution in [-0.2, 0) is 0 Å². The highest BCUT2D eigenvalue weighted by molar-refractivity contribution is 5.23. The first-order chi connectivity index (χ1) is 5.03. The fourth-order valence-electron chi connectivity index (χ4n) is 1.18. The maximum atomic E-state index is 2.36. The molecule has 1 rings (SSSR count). The van der Waals surface area contributed by atoms with Crippen molar-refractivity contribution in [3.63, 3.8) is 0 Å². The number of hydrogen-bond donors (Lipinski definition) is 0. The molecular formula is C11H20. The summed E-state index contributed by atoms with van der Waals surface area (Å²) in [5.41, 5.74) is 0.517. The van der Waals surface area contributed by atoms with E-state index in [1.807, 2.05) is 0 Å². The van der Waals surface area contributed by atoms with E-state index in [0.29, 0.717) is 5.41 Å². The fourth-order valence-corrected chi connectivity index (χ4v) is 1.18. The summed E-state index contributed by atoms with van der Waals surface area (Å²) in [6, 6.07) is 0. The van der Waals surface area contributed by atoms with Gasteiger partial charge in [-0.05, 0) is 24.7 Å². The second kappa shape index (κ2) is 3.00. The van der Waals surface area contributed by atoms with Crippen LogP contribution in [0.1, 0.15) is 40.5 Å². The molecule has 1 aliphatic carbocycles. The molecule has 1 aliphatic rings. The molecule has 0 fully saturated rings. The van der Waals surface area contributed by atoms with Crippen LogP contribution in [0, 0.1) is 17.3 Å². The second-order valence-electron chi connectivity index (χ2n) is 4.60. The Balaban J connectivity index is 2.12. The average molecular weight is 152 g/mol. The summed E-state index contributed by atoms with van der Waals surface area (Å²) >= 11 is 0. The Hall–Kier alpha value is -0.260. The Kier molecular flexibility index (Phi) is 2.41. The molecule has 1 unspecified atom stereocenters. The Morgan fingerprint density at radius 1 is 1.18 bits per heavy atom. The van der Waals surface area contributed by atoms with E-state index in [1.165, 1.54) is 12.8 Å². The highest BCUT2D eigenvalue weighted by atomic mass is 14.3. The molecule has 0 radical (unpaired) electrons. The van der Waals surface area contributed by atoms with Gasteiger partial charge in [-0.2, -0.15) is 0 Å². The average Bonchev–Trinajstić information content (AvgIpc) is 2.64. The van der Waals surface area contributed by atoms with Crippen molar-refractivity contribution in [2.45, 2.75) is 40.5 Å². The first kappa shape index (κ1) is 8.83. The molecule has 0 nitrogen and oxygen atoms in total. The van der Waals surface area contributed by atoms with Gasteiger partial charge in [-0.1, -0.05) is 39.8 Å². The van der Waals surface area contributed by atoms with Crippen molar-refractivity contribution in [3.05, 3.63) is 12.2 Å². The first-order valence-corrected chi connectivity index (χ1v) is 4.74. The van der Waals surface area contributed by atoms with Crippen LogP contribution in [0.3, 0.4) is 0 Å². The van der Waals surface area contributed by atoms with Gasteiger partial charge in [-0.25, -0.2) is 0 Å². The standard InChI is InChI=1S/C11H20/c1-9(2)10(3)5-6-11(4)7-8-11/h7-10H,5-6H2,1-4H3. The number of rotatable bonds is 4. The lowest BCUT2D eigenvalue weighted by Gasteiger charge is -2.17. The van der Waals surface area contributed by atoms with Crippen LogP contribution in [0.25, 0.3) is 0 Å². The third kappa shape index (κ3) is 2.69. The molecule has 0 N–H and O–H groups in total. The lowest BCUT2D eigenvalue weighted by atomic mass is 9.88. The first-order valence-electron chi connectivity index (χ1n) is 4.74. The quantitative estimate of drug-likeness (QED) is 0.539. The smallest absolute Gasteiger partial charge is 0.00334 e. The molecule has 0 aliphatic heterocycles. The molecule has 0 aromatic heterocycles. The third-order valence-electron chi connectivity index (χ3n) is 3.01. The highest BCUT2D eigenvalue weighted by Crippen LogP contribution is 2.40. The molecule has 1 atom stereocenters. The van der Waals surface area contributed by atoms with Crippen LogP contribution in [0.2, 0.25) is 0 Å². The molecule has 0 aromatic rings. The van der Waals surface area contributed by atoms with Gasteiger partial charge < -0.3 is 0 Å². The van der Waals surface area contributed by atoms with Crippen LogP contribution in [-0.4, -0.2) is 0 Å². The molecule has 0 aromatic carbocycles. The highest BCUT2D eigenvalue weighted by Gasteiger charge is 2.27. The fraction of sp³-hybridized carbons (Fsp3) is 0.818. The van der Waals surface area contributed by atoms with Gasteiger partial charge in [0.15, 0.2) is 0 Å². The van der Waals surface area contributed by atoms with Gasteiger partial charge >= 0.3 is 0 Å². The molecule has 64 valence electrons.